The minimum absolute atomic E-state index is 0.179. The second kappa shape index (κ2) is 6.59. The molecule has 3 nitrogen and oxygen atoms in total. The molecular formula is C18H22F3N3. The van der Waals surface area contributed by atoms with Gasteiger partial charge >= 0.3 is 6.18 Å². The summed E-state index contributed by atoms with van der Waals surface area (Å²) in [4.78, 5) is 0. The molecule has 3 rings (SSSR count). The molecular weight excluding hydrogens is 315 g/mol. The van der Waals surface area contributed by atoms with E-state index in [1.165, 1.54) is 0 Å². The molecule has 0 amide bonds. The summed E-state index contributed by atoms with van der Waals surface area (Å²) in [7, 11) is 1.86. The van der Waals surface area contributed by atoms with Crippen LogP contribution >= 0.6 is 0 Å². The Kier molecular flexibility index (Phi) is 4.67. The Morgan fingerprint density at radius 2 is 1.88 bits per heavy atom. The Balaban J connectivity index is 1.83. The summed E-state index contributed by atoms with van der Waals surface area (Å²) in [5.74, 6) is -0.967. The van der Waals surface area contributed by atoms with Crippen LogP contribution in [0.1, 0.15) is 42.7 Å². The maximum atomic E-state index is 12.8. The predicted molar refractivity (Wildman–Crippen MR) is 87.3 cm³/mol. The van der Waals surface area contributed by atoms with Gasteiger partial charge in [-0.3, -0.25) is 4.68 Å². The number of halogens is 3. The number of hydrogen-bond donors (Lipinski definition) is 1. The first-order valence-corrected chi connectivity index (χ1v) is 8.28. The van der Waals surface area contributed by atoms with Crippen molar-refractivity contribution in [3.63, 3.8) is 0 Å². The summed E-state index contributed by atoms with van der Waals surface area (Å²) in [5, 5.41) is 4.43. The van der Waals surface area contributed by atoms with Gasteiger partial charge in [0.2, 0.25) is 0 Å². The van der Waals surface area contributed by atoms with E-state index in [0.29, 0.717) is 19.4 Å². The number of benzene rings is 1. The topological polar surface area (TPSA) is 43.8 Å². The summed E-state index contributed by atoms with van der Waals surface area (Å²) in [6, 6.07) is 7.98. The Morgan fingerprint density at radius 1 is 1.17 bits per heavy atom. The van der Waals surface area contributed by atoms with Crippen LogP contribution in [0.4, 0.5) is 13.2 Å². The van der Waals surface area contributed by atoms with Crippen LogP contribution < -0.4 is 5.73 Å². The average molecular weight is 337 g/mol. The van der Waals surface area contributed by atoms with Gasteiger partial charge in [-0.1, -0.05) is 12.1 Å². The summed E-state index contributed by atoms with van der Waals surface area (Å²) in [6.45, 7) is 0.410. The molecule has 0 spiro atoms. The first kappa shape index (κ1) is 17.0. The van der Waals surface area contributed by atoms with Gasteiger partial charge < -0.3 is 5.73 Å². The Labute approximate surface area is 139 Å². The van der Waals surface area contributed by atoms with Crippen molar-refractivity contribution in [2.45, 2.75) is 44.3 Å². The van der Waals surface area contributed by atoms with Crippen LogP contribution in [0.15, 0.2) is 30.5 Å². The highest BCUT2D eigenvalue weighted by Gasteiger charge is 2.41. The predicted octanol–water partition coefficient (Wildman–Crippen LogP) is 4.38. The van der Waals surface area contributed by atoms with E-state index < -0.39 is 12.1 Å². The fraction of sp³-hybridized carbons (Fsp3) is 0.500. The molecule has 1 aliphatic carbocycles. The van der Waals surface area contributed by atoms with Crippen molar-refractivity contribution in [2.24, 2.45) is 18.7 Å². The molecule has 2 N–H and O–H groups in total. The van der Waals surface area contributed by atoms with E-state index in [4.69, 9.17) is 5.73 Å². The van der Waals surface area contributed by atoms with Crippen LogP contribution in [0.2, 0.25) is 0 Å². The highest BCUT2D eigenvalue weighted by molar-refractivity contribution is 5.64. The van der Waals surface area contributed by atoms with E-state index in [9.17, 15) is 13.2 Å². The van der Waals surface area contributed by atoms with E-state index >= 15 is 0 Å². The summed E-state index contributed by atoms with van der Waals surface area (Å²) in [6.07, 6.45) is -0.608. The maximum absolute atomic E-state index is 12.8. The largest absolute Gasteiger partial charge is 0.391 e. The van der Waals surface area contributed by atoms with Gasteiger partial charge in [-0.2, -0.15) is 18.3 Å². The number of nitrogens with two attached hydrogens (primary N) is 1. The van der Waals surface area contributed by atoms with Crippen LogP contribution in [0.25, 0.3) is 11.3 Å². The standard InChI is InChI=1S/C18H22F3N3/c1-24-9-8-17(23-24)16-10-13(2-3-14(16)11-22)12-4-6-15(7-5-12)18(19,20)21/h2-3,8-10,12,15H,4-7,11,22H2,1H3. The van der Waals surface area contributed by atoms with Crippen molar-refractivity contribution < 1.29 is 13.2 Å². The maximum Gasteiger partial charge on any atom is 0.391 e. The van der Waals surface area contributed by atoms with Crippen molar-refractivity contribution in [1.82, 2.24) is 9.78 Å². The molecule has 24 heavy (non-hydrogen) atoms. The lowest BCUT2D eigenvalue weighted by Gasteiger charge is -2.30. The molecule has 0 atom stereocenters. The van der Waals surface area contributed by atoms with Crippen LogP contribution in [-0.4, -0.2) is 16.0 Å². The molecule has 1 fully saturated rings. The number of hydrogen-bond acceptors (Lipinski definition) is 2. The zero-order valence-electron chi connectivity index (χ0n) is 13.7. The fourth-order valence-corrected chi connectivity index (χ4v) is 3.58. The average Bonchev–Trinajstić information content (AvgIpc) is 3.00. The Hall–Kier alpha value is -1.82. The molecule has 1 aromatic carbocycles. The van der Waals surface area contributed by atoms with Crippen LogP contribution in [-0.2, 0) is 13.6 Å². The number of aryl methyl sites for hydroxylation is 1. The minimum Gasteiger partial charge on any atom is -0.326 e. The molecule has 2 aromatic rings. The van der Waals surface area contributed by atoms with Crippen LogP contribution in [0.5, 0.6) is 0 Å². The molecule has 1 saturated carbocycles. The molecule has 130 valence electrons. The molecule has 0 radical (unpaired) electrons. The monoisotopic (exact) mass is 337 g/mol. The SMILES string of the molecule is Cn1ccc(-c2cc(C3CCC(C(F)(F)F)CC3)ccc2CN)n1. The van der Waals surface area contributed by atoms with Gasteiger partial charge in [0.25, 0.3) is 0 Å². The Morgan fingerprint density at radius 3 is 2.42 bits per heavy atom. The van der Waals surface area contributed by atoms with E-state index in [1.807, 2.05) is 31.4 Å². The first-order chi connectivity index (χ1) is 11.4. The van der Waals surface area contributed by atoms with Crippen LogP contribution in [0, 0.1) is 5.92 Å². The lowest BCUT2D eigenvalue weighted by molar-refractivity contribution is -0.182. The zero-order valence-corrected chi connectivity index (χ0v) is 13.7. The summed E-state index contributed by atoms with van der Waals surface area (Å²) in [5.41, 5.74) is 9.75. The van der Waals surface area contributed by atoms with Crippen molar-refractivity contribution >= 4 is 0 Å². The molecule has 0 saturated heterocycles. The van der Waals surface area contributed by atoms with Crippen molar-refractivity contribution in [1.29, 1.82) is 0 Å². The third-order valence-corrected chi connectivity index (χ3v) is 5.00. The van der Waals surface area contributed by atoms with Gasteiger partial charge in [0, 0.05) is 25.4 Å². The molecule has 1 aromatic heterocycles. The van der Waals surface area contributed by atoms with Crippen molar-refractivity contribution in [2.75, 3.05) is 0 Å². The quantitative estimate of drug-likeness (QED) is 0.903. The molecule has 6 heteroatoms. The molecule has 1 aliphatic rings. The van der Waals surface area contributed by atoms with Gasteiger partial charge in [-0.25, -0.2) is 0 Å². The van der Waals surface area contributed by atoms with Gasteiger partial charge in [-0.15, -0.1) is 0 Å². The van der Waals surface area contributed by atoms with E-state index in [-0.39, 0.29) is 18.8 Å². The molecule has 0 bridgehead atoms. The van der Waals surface area contributed by atoms with Crippen molar-refractivity contribution in [3.8, 4) is 11.3 Å². The molecule has 0 unspecified atom stereocenters. The number of alkyl halides is 3. The number of aromatic nitrogens is 2. The van der Waals surface area contributed by atoms with E-state index in [0.717, 1.165) is 22.4 Å². The number of nitrogens with zero attached hydrogens (tertiary/aromatic N) is 2. The van der Waals surface area contributed by atoms with Crippen LogP contribution in [0.3, 0.4) is 0 Å². The van der Waals surface area contributed by atoms with Gasteiger partial charge in [0.05, 0.1) is 11.6 Å². The highest BCUT2D eigenvalue weighted by atomic mass is 19.4. The fourth-order valence-electron chi connectivity index (χ4n) is 3.58. The van der Waals surface area contributed by atoms with E-state index in [1.54, 1.807) is 4.68 Å². The Bertz CT molecular complexity index is 698. The summed E-state index contributed by atoms with van der Waals surface area (Å²) < 4.78 is 40.2. The minimum atomic E-state index is -4.06. The van der Waals surface area contributed by atoms with Gasteiger partial charge in [0.15, 0.2) is 0 Å². The summed E-state index contributed by atoms with van der Waals surface area (Å²) >= 11 is 0. The van der Waals surface area contributed by atoms with Gasteiger partial charge in [0.1, 0.15) is 0 Å². The van der Waals surface area contributed by atoms with Gasteiger partial charge in [-0.05, 0) is 54.9 Å². The highest BCUT2D eigenvalue weighted by Crippen LogP contribution is 2.43. The third kappa shape index (κ3) is 3.48. The zero-order chi connectivity index (χ0) is 17.3. The second-order valence-electron chi connectivity index (χ2n) is 6.59. The lowest BCUT2D eigenvalue weighted by Crippen LogP contribution is -2.27. The third-order valence-electron chi connectivity index (χ3n) is 5.00. The first-order valence-electron chi connectivity index (χ1n) is 8.28. The van der Waals surface area contributed by atoms with E-state index in [2.05, 4.69) is 11.2 Å². The lowest BCUT2D eigenvalue weighted by atomic mass is 9.78. The van der Waals surface area contributed by atoms with Crippen molar-refractivity contribution in [3.05, 3.63) is 41.6 Å². The normalized spacial score (nSPS) is 21.9. The molecule has 0 aliphatic heterocycles. The smallest absolute Gasteiger partial charge is 0.326 e. The number of rotatable bonds is 3. The second-order valence-corrected chi connectivity index (χ2v) is 6.59. The molecule has 1 heterocycles.